The Morgan fingerprint density at radius 1 is 1.12 bits per heavy atom. The summed E-state index contributed by atoms with van der Waals surface area (Å²) >= 11 is 0. The zero-order valence-corrected chi connectivity index (χ0v) is 21.1. The number of rotatable bonds is 9. The van der Waals surface area contributed by atoms with Gasteiger partial charge < -0.3 is 30.5 Å². The number of hydrogen-bond donors (Lipinski definition) is 4. The topological polar surface area (TPSA) is 122 Å². The number of amides is 1. The second kappa shape index (κ2) is 11.9. The average Bonchev–Trinajstić information content (AvgIpc) is 2.72. The molecule has 2 heterocycles. The van der Waals surface area contributed by atoms with E-state index in [9.17, 15) is 20.1 Å². The normalized spacial score (nSPS) is 38.4. The number of carbonyl (C=O) groups excluding carboxylic acids is 1. The molecule has 2 fully saturated rings. The lowest BCUT2D eigenvalue weighted by Crippen LogP contribution is -2.62. The molecule has 0 aromatic rings. The molecule has 0 aromatic heterocycles. The van der Waals surface area contributed by atoms with Crippen LogP contribution in [0.4, 0.5) is 0 Å². The first-order chi connectivity index (χ1) is 15.4. The van der Waals surface area contributed by atoms with Gasteiger partial charge in [-0.05, 0) is 43.6 Å². The molecule has 7 nitrogen and oxygen atoms in total. The van der Waals surface area contributed by atoms with Gasteiger partial charge >= 0.3 is 0 Å². The van der Waals surface area contributed by atoms with Crippen molar-refractivity contribution in [1.82, 2.24) is 0 Å². The summed E-state index contributed by atoms with van der Waals surface area (Å²) in [5.74, 6) is -1.33. The van der Waals surface area contributed by atoms with E-state index in [1.807, 2.05) is 27.7 Å². The van der Waals surface area contributed by atoms with Crippen LogP contribution >= 0.6 is 0 Å². The minimum Gasteiger partial charge on any atom is -0.393 e. The summed E-state index contributed by atoms with van der Waals surface area (Å²) in [7, 11) is 0. The second-order valence-corrected chi connectivity index (χ2v) is 10.5. The third kappa shape index (κ3) is 7.36. The van der Waals surface area contributed by atoms with Crippen molar-refractivity contribution in [3.05, 3.63) is 23.8 Å². The number of allylic oxidation sites excluding steroid dienone is 2. The number of nitrogens with two attached hydrogens (primary N) is 1. The van der Waals surface area contributed by atoms with E-state index in [2.05, 4.69) is 13.8 Å². The monoisotopic (exact) mass is 467 g/mol. The van der Waals surface area contributed by atoms with Gasteiger partial charge in [0, 0.05) is 30.8 Å². The Balaban J connectivity index is 2.01. The zero-order chi connectivity index (χ0) is 24.9. The molecule has 2 rings (SSSR count). The van der Waals surface area contributed by atoms with E-state index in [1.165, 1.54) is 6.08 Å². The van der Waals surface area contributed by atoms with Crippen LogP contribution < -0.4 is 5.73 Å². The summed E-state index contributed by atoms with van der Waals surface area (Å²) in [5, 5.41) is 31.9. The molecular weight excluding hydrogens is 422 g/mol. The summed E-state index contributed by atoms with van der Waals surface area (Å²) in [5.41, 5.74) is 6.02. The molecule has 5 N–H and O–H groups in total. The predicted octanol–water partition coefficient (Wildman–Crippen LogP) is 3.07. The molecule has 2 aliphatic heterocycles. The lowest BCUT2D eigenvalue weighted by molar-refractivity contribution is -0.373. The molecule has 10 atom stereocenters. The number of hydrogen-bond acceptors (Lipinski definition) is 6. The SMILES string of the molecule is CCC(C=CC(N)=O)=CC(O)CC(C)CC(C)C1CC(O)C(C)C2(CC(O)C(C)C(C)O2)O1. The molecular formula is C26H45NO6. The van der Waals surface area contributed by atoms with E-state index < -0.39 is 30.0 Å². The number of aliphatic hydroxyl groups excluding tert-OH is 3. The number of carbonyl (C=O) groups is 1. The van der Waals surface area contributed by atoms with Crippen LogP contribution in [0.1, 0.15) is 73.6 Å². The van der Waals surface area contributed by atoms with Crippen LogP contribution in [0.2, 0.25) is 0 Å². The minimum absolute atomic E-state index is 0.0155. The van der Waals surface area contributed by atoms with Crippen LogP contribution in [-0.2, 0) is 14.3 Å². The van der Waals surface area contributed by atoms with Crippen LogP contribution in [-0.4, -0.2) is 57.5 Å². The fourth-order valence-corrected chi connectivity index (χ4v) is 5.22. The molecule has 0 saturated carbocycles. The first-order valence-electron chi connectivity index (χ1n) is 12.5. The maximum Gasteiger partial charge on any atom is 0.241 e. The molecule has 2 saturated heterocycles. The fraction of sp³-hybridized carbons (Fsp3) is 0.808. The van der Waals surface area contributed by atoms with Crippen molar-refractivity contribution < 1.29 is 29.6 Å². The van der Waals surface area contributed by atoms with Crippen LogP contribution in [0.25, 0.3) is 0 Å². The van der Waals surface area contributed by atoms with Gasteiger partial charge in [-0.2, -0.15) is 0 Å². The molecule has 7 heteroatoms. The van der Waals surface area contributed by atoms with Gasteiger partial charge in [0.05, 0.1) is 30.5 Å². The van der Waals surface area contributed by atoms with Gasteiger partial charge in [-0.3, -0.25) is 4.79 Å². The molecule has 190 valence electrons. The van der Waals surface area contributed by atoms with Crippen LogP contribution in [0, 0.1) is 23.7 Å². The molecule has 1 amide bonds. The first-order valence-corrected chi connectivity index (χ1v) is 12.5. The molecule has 0 aliphatic carbocycles. The Morgan fingerprint density at radius 2 is 1.79 bits per heavy atom. The van der Waals surface area contributed by atoms with Gasteiger partial charge in [0.25, 0.3) is 0 Å². The largest absolute Gasteiger partial charge is 0.393 e. The summed E-state index contributed by atoms with van der Waals surface area (Å²) < 4.78 is 12.8. The Kier molecular flexibility index (Phi) is 10.1. The Hall–Kier alpha value is -1.25. The van der Waals surface area contributed by atoms with Gasteiger partial charge in [0.15, 0.2) is 5.79 Å². The molecule has 0 bridgehead atoms. The van der Waals surface area contributed by atoms with Gasteiger partial charge in [-0.1, -0.05) is 46.8 Å². The van der Waals surface area contributed by atoms with Crippen LogP contribution in [0.5, 0.6) is 0 Å². The highest BCUT2D eigenvalue weighted by Crippen LogP contribution is 2.46. The summed E-state index contributed by atoms with van der Waals surface area (Å²) in [6.07, 6.45) is 5.65. The van der Waals surface area contributed by atoms with Crippen molar-refractivity contribution >= 4 is 5.91 Å². The highest BCUT2D eigenvalue weighted by molar-refractivity contribution is 5.86. The van der Waals surface area contributed by atoms with E-state index in [1.54, 1.807) is 12.2 Å². The summed E-state index contributed by atoms with van der Waals surface area (Å²) in [4.78, 5) is 11.0. The number of aliphatic hydroxyl groups is 3. The Labute approximate surface area is 199 Å². The van der Waals surface area contributed by atoms with Crippen molar-refractivity contribution in [1.29, 1.82) is 0 Å². The standard InChI is InChI=1S/C26H45NO6/c1-7-20(8-9-25(27)31)12-21(28)11-15(2)10-16(3)24-13-22(29)18(5)26(33-24)14-23(30)17(4)19(6)32-26/h8-9,12,15-19,21-24,28-30H,7,10-11,13-14H2,1-6H3,(H2,27,31). The fourth-order valence-electron chi connectivity index (χ4n) is 5.22. The quantitative estimate of drug-likeness (QED) is 0.305. The second-order valence-electron chi connectivity index (χ2n) is 10.5. The molecule has 0 aromatic carbocycles. The van der Waals surface area contributed by atoms with E-state index in [-0.39, 0.29) is 35.9 Å². The van der Waals surface area contributed by atoms with Crippen LogP contribution in [0.3, 0.4) is 0 Å². The Bertz CT molecular complexity index is 695. The lowest BCUT2D eigenvalue weighted by atomic mass is 9.76. The maximum atomic E-state index is 11.0. The summed E-state index contributed by atoms with van der Waals surface area (Å²) in [6.45, 7) is 12.0. The number of primary amides is 1. The minimum atomic E-state index is -0.976. The highest BCUT2D eigenvalue weighted by Gasteiger charge is 2.54. The molecule has 10 unspecified atom stereocenters. The van der Waals surface area contributed by atoms with E-state index in [4.69, 9.17) is 15.2 Å². The predicted molar refractivity (Wildman–Crippen MR) is 128 cm³/mol. The molecule has 2 aliphatic rings. The Morgan fingerprint density at radius 3 is 2.36 bits per heavy atom. The zero-order valence-electron chi connectivity index (χ0n) is 21.1. The van der Waals surface area contributed by atoms with E-state index >= 15 is 0 Å². The molecule has 1 spiro atoms. The van der Waals surface area contributed by atoms with E-state index in [0.717, 1.165) is 12.0 Å². The average molecular weight is 468 g/mol. The van der Waals surface area contributed by atoms with Gasteiger partial charge in [-0.15, -0.1) is 0 Å². The maximum absolute atomic E-state index is 11.0. The van der Waals surface area contributed by atoms with Crippen molar-refractivity contribution in [2.75, 3.05) is 0 Å². The summed E-state index contributed by atoms with van der Waals surface area (Å²) in [6, 6.07) is 0. The lowest BCUT2D eigenvalue weighted by Gasteiger charge is -2.54. The van der Waals surface area contributed by atoms with Crippen molar-refractivity contribution in [2.24, 2.45) is 29.4 Å². The number of ether oxygens (including phenoxy) is 2. The van der Waals surface area contributed by atoms with Crippen molar-refractivity contribution in [2.45, 2.75) is 110 Å². The van der Waals surface area contributed by atoms with Crippen molar-refractivity contribution in [3.63, 3.8) is 0 Å². The molecule has 33 heavy (non-hydrogen) atoms. The molecule has 0 radical (unpaired) electrons. The van der Waals surface area contributed by atoms with Gasteiger partial charge in [0.2, 0.25) is 5.91 Å². The highest BCUT2D eigenvalue weighted by atomic mass is 16.7. The first kappa shape index (κ1) is 28.0. The third-order valence-corrected chi connectivity index (χ3v) is 7.65. The van der Waals surface area contributed by atoms with Crippen LogP contribution in [0.15, 0.2) is 23.8 Å². The van der Waals surface area contributed by atoms with Crippen molar-refractivity contribution in [3.8, 4) is 0 Å². The smallest absolute Gasteiger partial charge is 0.241 e. The van der Waals surface area contributed by atoms with E-state index in [0.29, 0.717) is 25.7 Å². The van der Waals surface area contributed by atoms with Gasteiger partial charge in [-0.25, -0.2) is 0 Å². The third-order valence-electron chi connectivity index (χ3n) is 7.65. The van der Waals surface area contributed by atoms with Gasteiger partial charge in [0.1, 0.15) is 0 Å².